The van der Waals surface area contributed by atoms with Gasteiger partial charge in [0.05, 0.1) is 11.5 Å². The number of benzene rings is 1. The first-order valence-electron chi connectivity index (χ1n) is 5.63. The molecule has 0 saturated heterocycles. The maximum atomic E-state index is 9.17. The Kier molecular flexibility index (Phi) is 2.52. The quantitative estimate of drug-likeness (QED) is 0.714. The van der Waals surface area contributed by atoms with Crippen LogP contribution in [0.2, 0.25) is 0 Å². The predicted molar refractivity (Wildman–Crippen MR) is 61.5 cm³/mol. The first kappa shape index (κ1) is 10.2. The fourth-order valence-corrected chi connectivity index (χ4v) is 2.24. The lowest BCUT2D eigenvalue weighted by Crippen LogP contribution is -2.29. The average Bonchev–Trinajstić information content (AvgIpc) is 2.17. The smallest absolute Gasteiger partial charge is 0.0693 e. The van der Waals surface area contributed by atoms with Crippen molar-refractivity contribution >= 4 is 0 Å². The van der Waals surface area contributed by atoms with Gasteiger partial charge in [0.2, 0.25) is 0 Å². The van der Waals surface area contributed by atoms with Gasteiger partial charge in [0.1, 0.15) is 0 Å². The zero-order chi connectivity index (χ0) is 10.9. The summed E-state index contributed by atoms with van der Waals surface area (Å²) in [7, 11) is 0. The molecule has 0 heterocycles. The van der Waals surface area contributed by atoms with Crippen molar-refractivity contribution in [3.63, 3.8) is 0 Å². The van der Waals surface area contributed by atoms with Crippen molar-refractivity contribution in [3.8, 4) is 6.07 Å². The summed E-state index contributed by atoms with van der Waals surface area (Å²) in [5.41, 5.74) is 3.94. The minimum Gasteiger partial charge on any atom is -0.198 e. The second-order valence-corrected chi connectivity index (χ2v) is 4.84. The lowest BCUT2D eigenvalue weighted by atomic mass is 9.66. The molecule has 1 heteroatoms. The van der Waals surface area contributed by atoms with Crippen molar-refractivity contribution in [2.24, 2.45) is 5.41 Å². The van der Waals surface area contributed by atoms with Gasteiger partial charge in [-0.1, -0.05) is 24.6 Å². The Labute approximate surface area is 91.7 Å². The molecule has 15 heavy (non-hydrogen) atoms. The summed E-state index contributed by atoms with van der Waals surface area (Å²) < 4.78 is 0. The van der Waals surface area contributed by atoms with E-state index in [0.29, 0.717) is 0 Å². The highest BCUT2D eigenvalue weighted by atomic mass is 14.4. The Morgan fingerprint density at radius 3 is 2.47 bits per heavy atom. The molecule has 1 aliphatic carbocycles. The second kappa shape index (κ2) is 3.70. The fraction of sp³-hybridized carbons (Fsp3) is 0.500. The van der Waals surface area contributed by atoms with Crippen molar-refractivity contribution in [2.75, 3.05) is 0 Å². The van der Waals surface area contributed by atoms with Crippen molar-refractivity contribution in [1.82, 2.24) is 0 Å². The zero-order valence-electron chi connectivity index (χ0n) is 9.51. The molecule has 2 rings (SSSR count). The largest absolute Gasteiger partial charge is 0.198 e. The van der Waals surface area contributed by atoms with Crippen LogP contribution in [-0.4, -0.2) is 0 Å². The number of nitriles is 1. The minimum absolute atomic E-state index is 0.0400. The summed E-state index contributed by atoms with van der Waals surface area (Å²) in [6, 6.07) is 9.05. The van der Waals surface area contributed by atoms with E-state index in [9.17, 15) is 5.26 Å². The molecule has 0 N–H and O–H groups in total. The minimum atomic E-state index is -0.0400. The van der Waals surface area contributed by atoms with E-state index >= 15 is 0 Å². The van der Waals surface area contributed by atoms with Crippen LogP contribution in [0.25, 0.3) is 0 Å². The van der Waals surface area contributed by atoms with Gasteiger partial charge in [0.25, 0.3) is 0 Å². The molecule has 1 saturated carbocycles. The number of rotatable bonds is 2. The summed E-state index contributed by atoms with van der Waals surface area (Å²) in [4.78, 5) is 0. The van der Waals surface area contributed by atoms with E-state index in [1.54, 1.807) is 0 Å². The normalized spacial score (nSPS) is 17.9. The molecule has 0 amide bonds. The van der Waals surface area contributed by atoms with E-state index in [0.717, 1.165) is 19.3 Å². The Hall–Kier alpha value is -1.29. The van der Waals surface area contributed by atoms with Gasteiger partial charge < -0.3 is 0 Å². The third kappa shape index (κ3) is 1.90. The highest BCUT2D eigenvalue weighted by Gasteiger charge is 2.37. The predicted octanol–water partition coefficient (Wildman–Crippen LogP) is 3.54. The highest BCUT2D eigenvalue weighted by Crippen LogP contribution is 2.43. The summed E-state index contributed by atoms with van der Waals surface area (Å²) in [5.74, 6) is 0. The van der Waals surface area contributed by atoms with Crippen molar-refractivity contribution in [2.45, 2.75) is 39.5 Å². The van der Waals surface area contributed by atoms with E-state index < -0.39 is 0 Å². The molecule has 0 radical (unpaired) electrons. The van der Waals surface area contributed by atoms with E-state index in [-0.39, 0.29) is 5.41 Å². The van der Waals surface area contributed by atoms with Crippen LogP contribution in [0.3, 0.4) is 0 Å². The Balaban J connectivity index is 2.18. The molecule has 1 fully saturated rings. The summed E-state index contributed by atoms with van der Waals surface area (Å²) in [6.45, 7) is 4.27. The SMILES string of the molecule is Cc1ccc(CC2(C#N)CCC2)cc1C. The molecule has 0 aliphatic heterocycles. The summed E-state index contributed by atoms with van der Waals surface area (Å²) in [5, 5.41) is 9.17. The van der Waals surface area contributed by atoms with Gasteiger partial charge in [0.15, 0.2) is 0 Å². The Bertz CT molecular complexity index is 408. The Morgan fingerprint density at radius 1 is 1.27 bits per heavy atom. The number of aryl methyl sites for hydroxylation is 2. The lowest BCUT2D eigenvalue weighted by Gasteiger charge is -2.35. The topological polar surface area (TPSA) is 23.8 Å². The summed E-state index contributed by atoms with van der Waals surface area (Å²) in [6.07, 6.45) is 4.32. The molecule has 78 valence electrons. The van der Waals surface area contributed by atoms with Gasteiger partial charge >= 0.3 is 0 Å². The third-order valence-electron chi connectivity index (χ3n) is 3.66. The average molecular weight is 199 g/mol. The molecule has 1 aromatic carbocycles. The maximum Gasteiger partial charge on any atom is 0.0693 e. The van der Waals surface area contributed by atoms with Crippen molar-refractivity contribution in [1.29, 1.82) is 5.26 Å². The van der Waals surface area contributed by atoms with Crippen LogP contribution in [-0.2, 0) is 6.42 Å². The van der Waals surface area contributed by atoms with Crippen LogP contribution >= 0.6 is 0 Å². The van der Waals surface area contributed by atoms with E-state index in [2.05, 4.69) is 38.1 Å². The van der Waals surface area contributed by atoms with Gasteiger partial charge in [-0.3, -0.25) is 0 Å². The molecule has 0 bridgehead atoms. The molecule has 0 spiro atoms. The van der Waals surface area contributed by atoms with Gasteiger partial charge in [0, 0.05) is 0 Å². The van der Waals surface area contributed by atoms with E-state index in [1.807, 2.05) is 0 Å². The Morgan fingerprint density at radius 2 is 2.00 bits per heavy atom. The number of hydrogen-bond donors (Lipinski definition) is 0. The molecule has 1 nitrogen and oxygen atoms in total. The van der Waals surface area contributed by atoms with Crippen LogP contribution in [0.5, 0.6) is 0 Å². The van der Waals surface area contributed by atoms with E-state index in [4.69, 9.17) is 0 Å². The van der Waals surface area contributed by atoms with Crippen molar-refractivity contribution in [3.05, 3.63) is 34.9 Å². The van der Waals surface area contributed by atoms with Gasteiger partial charge in [-0.25, -0.2) is 0 Å². The van der Waals surface area contributed by atoms with Crippen LogP contribution in [0.4, 0.5) is 0 Å². The van der Waals surface area contributed by atoms with Crippen LogP contribution in [0.15, 0.2) is 18.2 Å². The molecule has 1 aliphatic rings. The highest BCUT2D eigenvalue weighted by molar-refractivity contribution is 5.31. The molecular weight excluding hydrogens is 182 g/mol. The van der Waals surface area contributed by atoms with Gasteiger partial charge in [-0.15, -0.1) is 0 Å². The number of nitrogens with zero attached hydrogens (tertiary/aromatic N) is 1. The van der Waals surface area contributed by atoms with Crippen LogP contribution in [0, 0.1) is 30.6 Å². The molecule has 0 unspecified atom stereocenters. The zero-order valence-corrected chi connectivity index (χ0v) is 9.51. The molecule has 0 aromatic heterocycles. The third-order valence-corrected chi connectivity index (χ3v) is 3.66. The van der Waals surface area contributed by atoms with Gasteiger partial charge in [-0.2, -0.15) is 5.26 Å². The fourth-order valence-electron chi connectivity index (χ4n) is 2.24. The van der Waals surface area contributed by atoms with Crippen LogP contribution < -0.4 is 0 Å². The second-order valence-electron chi connectivity index (χ2n) is 4.84. The lowest BCUT2D eigenvalue weighted by molar-refractivity contribution is 0.214. The molecule has 1 aromatic rings. The van der Waals surface area contributed by atoms with Gasteiger partial charge in [-0.05, 0) is 49.8 Å². The standard InChI is InChI=1S/C14H17N/c1-11-4-5-13(8-12(11)2)9-14(10-15)6-3-7-14/h4-5,8H,3,6-7,9H2,1-2H3. The van der Waals surface area contributed by atoms with Crippen LogP contribution in [0.1, 0.15) is 36.0 Å². The molecular formula is C14H17N. The maximum absolute atomic E-state index is 9.17. The number of hydrogen-bond acceptors (Lipinski definition) is 1. The first-order chi connectivity index (χ1) is 7.15. The van der Waals surface area contributed by atoms with Crippen molar-refractivity contribution < 1.29 is 0 Å². The monoisotopic (exact) mass is 199 g/mol. The molecule has 0 atom stereocenters. The van der Waals surface area contributed by atoms with E-state index in [1.165, 1.54) is 23.1 Å². The first-order valence-corrected chi connectivity index (χ1v) is 5.63. The summed E-state index contributed by atoms with van der Waals surface area (Å²) >= 11 is 0.